The van der Waals surface area contributed by atoms with E-state index in [9.17, 15) is 13.2 Å². The second-order valence-electron chi connectivity index (χ2n) is 9.18. The van der Waals surface area contributed by atoms with Gasteiger partial charge in [-0.15, -0.1) is 0 Å². The van der Waals surface area contributed by atoms with Gasteiger partial charge in [-0.05, 0) is 64.0 Å². The van der Waals surface area contributed by atoms with E-state index in [2.05, 4.69) is 5.32 Å². The third-order valence-electron chi connectivity index (χ3n) is 6.55. The van der Waals surface area contributed by atoms with Crippen molar-refractivity contribution in [3.8, 4) is 0 Å². The Morgan fingerprint density at radius 2 is 1.65 bits per heavy atom. The summed E-state index contributed by atoms with van der Waals surface area (Å²) in [4.78, 5) is 12.9. The number of hydrogen-bond donors (Lipinski definition) is 1. The number of nitrogens with zero attached hydrogens (tertiary/aromatic N) is 1. The Balaban J connectivity index is 1.43. The van der Waals surface area contributed by atoms with Crippen LogP contribution in [-0.4, -0.2) is 51.0 Å². The van der Waals surface area contributed by atoms with E-state index in [1.807, 2.05) is 32.9 Å². The maximum atomic E-state index is 13.2. The number of carbonyl (C=O) groups is 1. The van der Waals surface area contributed by atoms with Crippen LogP contribution in [0, 0.1) is 26.7 Å². The molecule has 1 aromatic rings. The van der Waals surface area contributed by atoms with Crippen molar-refractivity contribution in [3.05, 3.63) is 28.8 Å². The average Bonchev–Trinajstić information content (AvgIpc) is 2.73. The van der Waals surface area contributed by atoms with Crippen LogP contribution in [0.15, 0.2) is 17.0 Å². The molecule has 2 aliphatic rings. The van der Waals surface area contributed by atoms with Gasteiger partial charge >= 0.3 is 0 Å². The minimum absolute atomic E-state index is 0.0393. The summed E-state index contributed by atoms with van der Waals surface area (Å²) in [6.45, 7) is 7.76. The van der Waals surface area contributed by atoms with Crippen molar-refractivity contribution in [3.63, 3.8) is 0 Å². The molecule has 1 aliphatic heterocycles. The molecule has 0 unspecified atom stereocenters. The molecule has 0 radical (unpaired) electrons. The molecule has 1 heterocycles. The van der Waals surface area contributed by atoms with Crippen molar-refractivity contribution in [2.75, 3.05) is 26.2 Å². The molecule has 0 bridgehead atoms. The van der Waals surface area contributed by atoms with Crippen LogP contribution in [0.25, 0.3) is 0 Å². The number of benzene rings is 1. The summed E-state index contributed by atoms with van der Waals surface area (Å²) in [5.74, 6) is -0.0802. The van der Waals surface area contributed by atoms with Gasteiger partial charge in [0.1, 0.15) is 0 Å². The van der Waals surface area contributed by atoms with E-state index in [1.54, 1.807) is 4.31 Å². The first-order valence-corrected chi connectivity index (χ1v) is 13.2. The first kappa shape index (κ1) is 24.2. The second kappa shape index (κ2) is 10.9. The molecule has 6 nitrogen and oxygen atoms in total. The summed E-state index contributed by atoms with van der Waals surface area (Å²) >= 11 is 0. The second-order valence-corrected chi connectivity index (χ2v) is 11.1. The molecule has 174 valence electrons. The van der Waals surface area contributed by atoms with Crippen LogP contribution in [-0.2, 0) is 19.6 Å². The van der Waals surface area contributed by atoms with Crippen LogP contribution in [0.5, 0.6) is 0 Å². The van der Waals surface area contributed by atoms with E-state index in [-0.39, 0.29) is 11.8 Å². The number of ether oxygens (including phenoxy) is 1. The lowest BCUT2D eigenvalue weighted by Crippen LogP contribution is -2.43. The third kappa shape index (κ3) is 6.30. The number of aryl methyl sites for hydroxylation is 3. The van der Waals surface area contributed by atoms with Gasteiger partial charge in [-0.2, -0.15) is 4.31 Å². The Morgan fingerprint density at radius 1 is 1.03 bits per heavy atom. The van der Waals surface area contributed by atoms with E-state index < -0.39 is 10.0 Å². The highest BCUT2D eigenvalue weighted by atomic mass is 32.2. The number of carbonyl (C=O) groups excluding carboxylic acids is 1. The Hall–Kier alpha value is -1.44. The van der Waals surface area contributed by atoms with E-state index in [0.717, 1.165) is 36.0 Å². The Morgan fingerprint density at radius 3 is 2.26 bits per heavy atom. The highest BCUT2D eigenvalue weighted by Gasteiger charge is 2.33. The minimum Gasteiger partial charge on any atom is -0.378 e. The number of rotatable bonds is 8. The molecule has 1 aromatic carbocycles. The van der Waals surface area contributed by atoms with Gasteiger partial charge in [0.15, 0.2) is 0 Å². The Labute approximate surface area is 187 Å². The largest absolute Gasteiger partial charge is 0.378 e. The lowest BCUT2D eigenvalue weighted by atomic mass is 9.97. The molecule has 0 spiro atoms. The number of amides is 1. The highest BCUT2D eigenvalue weighted by molar-refractivity contribution is 7.89. The van der Waals surface area contributed by atoms with Gasteiger partial charge < -0.3 is 10.1 Å². The van der Waals surface area contributed by atoms with Crippen LogP contribution in [0.2, 0.25) is 0 Å². The zero-order chi connectivity index (χ0) is 22.4. The Bertz CT molecular complexity index is 831. The number of piperidine rings is 1. The van der Waals surface area contributed by atoms with Crippen LogP contribution in [0.3, 0.4) is 0 Å². The van der Waals surface area contributed by atoms with Crippen molar-refractivity contribution in [2.45, 2.75) is 83.1 Å². The molecule has 7 heteroatoms. The van der Waals surface area contributed by atoms with Gasteiger partial charge in [-0.1, -0.05) is 37.0 Å². The molecule has 1 saturated heterocycles. The van der Waals surface area contributed by atoms with Crippen LogP contribution < -0.4 is 5.32 Å². The molecular weight excluding hydrogens is 412 g/mol. The molecule has 1 saturated carbocycles. The van der Waals surface area contributed by atoms with Crippen LogP contribution >= 0.6 is 0 Å². The molecule has 1 aliphatic carbocycles. The first-order chi connectivity index (χ1) is 14.8. The number of nitrogens with one attached hydrogen (secondary N) is 1. The molecule has 0 aromatic heterocycles. The summed E-state index contributed by atoms with van der Waals surface area (Å²) in [6.07, 6.45) is 8.52. The zero-order valence-corrected chi connectivity index (χ0v) is 20.1. The van der Waals surface area contributed by atoms with E-state index in [4.69, 9.17) is 4.74 Å². The predicted molar refractivity (Wildman–Crippen MR) is 123 cm³/mol. The van der Waals surface area contributed by atoms with Gasteiger partial charge in [-0.25, -0.2) is 8.42 Å². The fourth-order valence-electron chi connectivity index (χ4n) is 4.97. The van der Waals surface area contributed by atoms with Gasteiger partial charge in [-0.3, -0.25) is 4.79 Å². The molecule has 1 amide bonds. The van der Waals surface area contributed by atoms with Crippen molar-refractivity contribution < 1.29 is 17.9 Å². The van der Waals surface area contributed by atoms with Gasteiger partial charge in [0.2, 0.25) is 15.9 Å². The van der Waals surface area contributed by atoms with Gasteiger partial charge in [0.05, 0.1) is 11.0 Å². The zero-order valence-electron chi connectivity index (χ0n) is 19.3. The van der Waals surface area contributed by atoms with Gasteiger partial charge in [0, 0.05) is 32.2 Å². The van der Waals surface area contributed by atoms with E-state index in [0.29, 0.717) is 50.1 Å². The van der Waals surface area contributed by atoms with Gasteiger partial charge in [0.25, 0.3) is 0 Å². The molecule has 3 rings (SSSR count). The Kier molecular flexibility index (Phi) is 8.53. The van der Waals surface area contributed by atoms with Crippen molar-refractivity contribution in [2.24, 2.45) is 5.92 Å². The lowest BCUT2D eigenvalue weighted by molar-refractivity contribution is -0.126. The van der Waals surface area contributed by atoms with E-state index >= 15 is 0 Å². The molecular formula is C24H38N2O4S. The smallest absolute Gasteiger partial charge is 0.243 e. The first-order valence-electron chi connectivity index (χ1n) is 11.8. The SMILES string of the molecule is Cc1cc(C)c(S(=O)(=O)N2CCC(C(=O)NCCCOC3CCCCC3)CC2)c(C)c1. The molecule has 31 heavy (non-hydrogen) atoms. The maximum absolute atomic E-state index is 13.2. The summed E-state index contributed by atoms with van der Waals surface area (Å²) in [7, 11) is -3.54. The molecule has 0 atom stereocenters. The van der Waals surface area contributed by atoms with Crippen molar-refractivity contribution >= 4 is 15.9 Å². The summed E-state index contributed by atoms with van der Waals surface area (Å²) in [5, 5.41) is 3.01. The fourth-order valence-corrected chi connectivity index (χ4v) is 6.85. The standard InChI is InChI=1S/C24H38N2O4S/c1-18-16-19(2)23(20(3)17-18)31(28,29)26-13-10-21(11-14-26)24(27)25-12-7-15-30-22-8-5-4-6-9-22/h16-17,21-22H,4-15H2,1-3H3,(H,25,27). The van der Waals surface area contributed by atoms with Crippen LogP contribution in [0.4, 0.5) is 0 Å². The fraction of sp³-hybridized carbons (Fsp3) is 0.708. The molecule has 2 fully saturated rings. The monoisotopic (exact) mass is 450 g/mol. The lowest BCUT2D eigenvalue weighted by Gasteiger charge is -2.31. The van der Waals surface area contributed by atoms with Crippen molar-refractivity contribution in [1.29, 1.82) is 0 Å². The summed E-state index contributed by atoms with van der Waals surface area (Å²) < 4.78 is 33.9. The third-order valence-corrected chi connectivity index (χ3v) is 8.76. The normalized spacial score (nSPS) is 19.5. The van der Waals surface area contributed by atoms with E-state index in [1.165, 1.54) is 19.3 Å². The average molecular weight is 451 g/mol. The van der Waals surface area contributed by atoms with Crippen molar-refractivity contribution in [1.82, 2.24) is 9.62 Å². The summed E-state index contributed by atoms with van der Waals surface area (Å²) in [5.41, 5.74) is 2.63. The maximum Gasteiger partial charge on any atom is 0.243 e. The quantitative estimate of drug-likeness (QED) is 0.610. The topological polar surface area (TPSA) is 75.7 Å². The van der Waals surface area contributed by atoms with Crippen LogP contribution in [0.1, 0.15) is 68.1 Å². The number of sulfonamides is 1. The summed E-state index contributed by atoms with van der Waals surface area (Å²) in [6, 6.07) is 3.83. The predicted octanol–water partition coefficient (Wildman–Crippen LogP) is 3.87. The highest BCUT2D eigenvalue weighted by Crippen LogP contribution is 2.29. The minimum atomic E-state index is -3.54. The number of hydrogen-bond acceptors (Lipinski definition) is 4. The molecule has 1 N–H and O–H groups in total.